The van der Waals surface area contributed by atoms with Crippen molar-refractivity contribution in [1.82, 2.24) is 4.90 Å². The smallest absolute Gasteiger partial charge is 0.239 e. The monoisotopic (exact) mass is 349 g/mol. The van der Waals surface area contributed by atoms with Gasteiger partial charge in [-0.25, -0.2) is 0 Å². The summed E-state index contributed by atoms with van der Waals surface area (Å²) in [6.07, 6.45) is 0. The van der Waals surface area contributed by atoms with Crippen molar-refractivity contribution in [3.8, 4) is 0 Å². The van der Waals surface area contributed by atoms with Crippen molar-refractivity contribution in [2.45, 2.75) is 6.54 Å². The van der Waals surface area contributed by atoms with Crippen LogP contribution in [0.3, 0.4) is 0 Å². The third-order valence-corrected chi connectivity index (χ3v) is 4.76. The summed E-state index contributed by atoms with van der Waals surface area (Å²) in [5.41, 5.74) is 2.22. The van der Waals surface area contributed by atoms with E-state index in [0.717, 1.165) is 16.5 Å². The first-order valence-electron chi connectivity index (χ1n) is 7.87. The van der Waals surface area contributed by atoms with Gasteiger partial charge in [0.25, 0.3) is 0 Å². The SMILES string of the molecule is O=C1CS/C(=N/N=c2\ccc3ccccc3o2)N1Cc1ccccc1. The number of nitrogens with zero attached hydrogens (tertiary/aromatic N) is 3. The van der Waals surface area contributed by atoms with Crippen LogP contribution < -0.4 is 5.55 Å². The molecule has 1 aliphatic heterocycles. The summed E-state index contributed by atoms with van der Waals surface area (Å²) in [6, 6.07) is 21.3. The van der Waals surface area contributed by atoms with E-state index in [1.54, 1.807) is 11.0 Å². The molecule has 1 saturated heterocycles. The van der Waals surface area contributed by atoms with Gasteiger partial charge in [0.15, 0.2) is 5.17 Å². The zero-order valence-electron chi connectivity index (χ0n) is 13.3. The van der Waals surface area contributed by atoms with Crippen LogP contribution >= 0.6 is 11.8 Å². The molecule has 0 N–H and O–H groups in total. The van der Waals surface area contributed by atoms with Crippen molar-refractivity contribution in [3.63, 3.8) is 0 Å². The molecule has 1 aromatic heterocycles. The van der Waals surface area contributed by atoms with E-state index >= 15 is 0 Å². The molecule has 4 rings (SSSR count). The fourth-order valence-corrected chi connectivity index (χ4v) is 3.39. The molecule has 0 spiro atoms. The van der Waals surface area contributed by atoms with E-state index in [4.69, 9.17) is 4.42 Å². The molecule has 1 amide bonds. The molecule has 1 fully saturated rings. The minimum absolute atomic E-state index is 0.0400. The van der Waals surface area contributed by atoms with E-state index in [1.807, 2.05) is 60.7 Å². The normalized spacial score (nSPS) is 17.0. The molecule has 6 heteroatoms. The van der Waals surface area contributed by atoms with Gasteiger partial charge in [0, 0.05) is 11.5 Å². The summed E-state index contributed by atoms with van der Waals surface area (Å²) in [7, 11) is 0. The van der Waals surface area contributed by atoms with Gasteiger partial charge in [0.1, 0.15) is 5.58 Å². The third kappa shape index (κ3) is 3.49. The summed E-state index contributed by atoms with van der Waals surface area (Å²) in [4.78, 5) is 13.8. The van der Waals surface area contributed by atoms with Crippen LogP contribution in [0.2, 0.25) is 0 Å². The van der Waals surface area contributed by atoms with Gasteiger partial charge in [-0.3, -0.25) is 9.69 Å². The van der Waals surface area contributed by atoms with E-state index in [0.29, 0.717) is 23.0 Å². The first kappa shape index (κ1) is 15.7. The zero-order valence-corrected chi connectivity index (χ0v) is 14.1. The van der Waals surface area contributed by atoms with Gasteiger partial charge in [-0.15, -0.1) is 10.2 Å². The van der Waals surface area contributed by atoms with E-state index in [9.17, 15) is 4.79 Å². The molecule has 0 atom stereocenters. The van der Waals surface area contributed by atoms with Crippen LogP contribution in [0.25, 0.3) is 11.0 Å². The molecule has 0 radical (unpaired) electrons. The number of hydrogen-bond donors (Lipinski definition) is 0. The van der Waals surface area contributed by atoms with E-state index in [2.05, 4.69) is 10.2 Å². The number of amides is 1. The second kappa shape index (κ2) is 6.94. The quantitative estimate of drug-likeness (QED) is 0.681. The molecule has 0 bridgehead atoms. The predicted molar refractivity (Wildman–Crippen MR) is 98.7 cm³/mol. The van der Waals surface area contributed by atoms with Crippen LogP contribution in [0.1, 0.15) is 5.56 Å². The summed E-state index contributed by atoms with van der Waals surface area (Å²) in [6.45, 7) is 0.496. The highest BCUT2D eigenvalue weighted by Crippen LogP contribution is 2.22. The molecule has 0 aliphatic carbocycles. The molecule has 1 aliphatic rings. The number of amidine groups is 1. The van der Waals surface area contributed by atoms with Crippen molar-refractivity contribution in [2.75, 3.05) is 5.75 Å². The maximum atomic E-state index is 12.1. The minimum atomic E-state index is 0.0400. The van der Waals surface area contributed by atoms with Crippen LogP contribution in [-0.2, 0) is 11.3 Å². The fraction of sp³-hybridized carbons (Fsp3) is 0.105. The fourth-order valence-electron chi connectivity index (χ4n) is 2.56. The van der Waals surface area contributed by atoms with Crippen LogP contribution in [0.15, 0.2) is 81.4 Å². The molecule has 0 unspecified atom stereocenters. The highest BCUT2D eigenvalue weighted by atomic mass is 32.2. The lowest BCUT2D eigenvalue weighted by Gasteiger charge is -2.14. The highest BCUT2D eigenvalue weighted by Gasteiger charge is 2.28. The van der Waals surface area contributed by atoms with E-state index in [1.165, 1.54) is 11.8 Å². The molecule has 3 aromatic rings. The van der Waals surface area contributed by atoms with Crippen molar-refractivity contribution < 1.29 is 9.21 Å². The van der Waals surface area contributed by atoms with Crippen LogP contribution in [-0.4, -0.2) is 21.7 Å². The topological polar surface area (TPSA) is 58.2 Å². The van der Waals surface area contributed by atoms with Crippen molar-refractivity contribution in [3.05, 3.63) is 77.8 Å². The average Bonchev–Trinajstić information content (AvgIpc) is 3.00. The molecular formula is C19H15N3O2S. The Labute approximate surface area is 148 Å². The maximum absolute atomic E-state index is 12.1. The van der Waals surface area contributed by atoms with Crippen molar-refractivity contribution in [1.29, 1.82) is 0 Å². The molecular weight excluding hydrogens is 334 g/mol. The Balaban J connectivity index is 1.63. The van der Waals surface area contributed by atoms with Gasteiger partial charge < -0.3 is 4.42 Å². The Morgan fingerprint density at radius 1 is 0.960 bits per heavy atom. The Morgan fingerprint density at radius 2 is 1.76 bits per heavy atom. The lowest BCUT2D eigenvalue weighted by atomic mass is 10.2. The number of hydrogen-bond acceptors (Lipinski definition) is 5. The van der Waals surface area contributed by atoms with Gasteiger partial charge in [-0.1, -0.05) is 60.3 Å². The number of carbonyl (C=O) groups excluding carboxylic acids is 1. The van der Waals surface area contributed by atoms with Crippen LogP contribution in [0.5, 0.6) is 0 Å². The first-order valence-corrected chi connectivity index (χ1v) is 8.86. The summed E-state index contributed by atoms with van der Waals surface area (Å²) in [5.74, 6) is 0.425. The van der Waals surface area contributed by atoms with E-state index in [-0.39, 0.29) is 5.91 Å². The summed E-state index contributed by atoms with van der Waals surface area (Å²) in [5, 5.41) is 10.0. The second-order valence-corrected chi connectivity index (χ2v) is 6.49. The average molecular weight is 349 g/mol. The lowest BCUT2D eigenvalue weighted by molar-refractivity contribution is -0.124. The molecule has 5 nitrogen and oxygen atoms in total. The largest absolute Gasteiger partial charge is 0.437 e. The van der Waals surface area contributed by atoms with Crippen molar-refractivity contribution >= 4 is 33.8 Å². The number of fused-ring (bicyclic) bond motifs is 1. The van der Waals surface area contributed by atoms with Crippen molar-refractivity contribution in [2.24, 2.45) is 10.2 Å². The standard InChI is InChI=1S/C19H15N3O2S/c23-18-13-25-19(22(18)12-14-6-2-1-3-7-14)21-20-17-11-10-15-8-4-5-9-16(15)24-17/h1-11H,12-13H2/b20-17+,21-19+. The van der Waals surface area contributed by atoms with Crippen LogP contribution in [0.4, 0.5) is 0 Å². The minimum Gasteiger partial charge on any atom is -0.437 e. The Morgan fingerprint density at radius 3 is 2.64 bits per heavy atom. The van der Waals surface area contributed by atoms with Gasteiger partial charge in [0.05, 0.1) is 12.3 Å². The number of para-hydroxylation sites is 1. The second-order valence-electron chi connectivity index (χ2n) is 5.55. The Bertz CT molecular complexity index is 1010. The number of benzene rings is 2. The molecule has 0 saturated carbocycles. The number of thioether (sulfide) groups is 1. The van der Waals surface area contributed by atoms with Crippen LogP contribution in [0, 0.1) is 0 Å². The highest BCUT2D eigenvalue weighted by molar-refractivity contribution is 8.15. The lowest BCUT2D eigenvalue weighted by Crippen LogP contribution is -2.28. The van der Waals surface area contributed by atoms with Gasteiger partial charge in [-0.05, 0) is 17.7 Å². The predicted octanol–water partition coefficient (Wildman–Crippen LogP) is 3.38. The molecule has 25 heavy (non-hydrogen) atoms. The molecule has 124 valence electrons. The Kier molecular flexibility index (Phi) is 4.35. The number of carbonyl (C=O) groups is 1. The Hall–Kier alpha value is -2.86. The van der Waals surface area contributed by atoms with E-state index < -0.39 is 0 Å². The van der Waals surface area contributed by atoms with Gasteiger partial charge in [0.2, 0.25) is 11.5 Å². The maximum Gasteiger partial charge on any atom is 0.239 e. The number of rotatable bonds is 3. The molecule has 2 aromatic carbocycles. The summed E-state index contributed by atoms with van der Waals surface area (Å²) < 4.78 is 5.72. The zero-order chi connectivity index (χ0) is 17.1. The third-order valence-electron chi connectivity index (χ3n) is 3.81. The molecule has 2 heterocycles. The first-order chi connectivity index (χ1) is 12.3. The van der Waals surface area contributed by atoms with Gasteiger partial charge >= 0.3 is 0 Å². The summed E-state index contributed by atoms with van der Waals surface area (Å²) >= 11 is 1.39. The van der Waals surface area contributed by atoms with Gasteiger partial charge in [-0.2, -0.15) is 0 Å².